The Hall–Kier alpha value is -2.40. The van der Waals surface area contributed by atoms with E-state index in [0.29, 0.717) is 22.4 Å². The van der Waals surface area contributed by atoms with Crippen molar-refractivity contribution in [1.82, 2.24) is 4.68 Å². The molecule has 3 N–H and O–H groups in total. The van der Waals surface area contributed by atoms with Crippen LogP contribution < -0.4 is 5.43 Å². The molecule has 0 radical (unpaired) electrons. The maximum Gasteiger partial charge on any atom is 0.270 e. The highest BCUT2D eigenvalue weighted by atomic mass is 35.5. The number of nitrogens with one attached hydrogen (secondary N) is 1. The second-order valence-electron chi connectivity index (χ2n) is 6.76. The predicted molar refractivity (Wildman–Crippen MR) is 89.1 cm³/mol. The summed E-state index contributed by atoms with van der Waals surface area (Å²) in [5.41, 5.74) is 4.49. The van der Waals surface area contributed by atoms with Crippen molar-refractivity contribution in [2.45, 2.75) is 18.3 Å². The van der Waals surface area contributed by atoms with Crippen molar-refractivity contribution >= 4 is 17.5 Å². The Morgan fingerprint density at radius 3 is 2.12 bits per heavy atom. The van der Waals surface area contributed by atoms with Gasteiger partial charge in [0.1, 0.15) is 0 Å². The third-order valence-corrected chi connectivity index (χ3v) is 5.77. The van der Waals surface area contributed by atoms with Gasteiger partial charge in [-0.05, 0) is 42.5 Å². The molecule has 0 aliphatic heterocycles. The van der Waals surface area contributed by atoms with Crippen LogP contribution in [0, 0.1) is 11.8 Å². The third-order valence-electron chi connectivity index (χ3n) is 5.52. The molecule has 1 fully saturated rings. The van der Waals surface area contributed by atoms with Crippen LogP contribution in [-0.4, -0.2) is 20.8 Å². The van der Waals surface area contributed by atoms with Crippen LogP contribution in [0.4, 0.5) is 0 Å². The molecule has 4 unspecified atom stereocenters. The van der Waals surface area contributed by atoms with Gasteiger partial charge in [-0.3, -0.25) is 10.2 Å². The first-order valence-electron chi connectivity index (χ1n) is 7.98. The average Bonchev–Trinajstić information content (AvgIpc) is 3.36. The molecule has 6 rings (SSSR count). The molecule has 4 aliphatic rings. The molecule has 4 atom stereocenters. The van der Waals surface area contributed by atoms with E-state index in [1.54, 1.807) is 24.3 Å². The monoisotopic (exact) mass is 342 g/mol. The fourth-order valence-corrected chi connectivity index (χ4v) is 4.45. The van der Waals surface area contributed by atoms with Gasteiger partial charge in [-0.15, -0.1) is 0 Å². The number of rotatable bonds is 2. The number of hydrogen-bond acceptors (Lipinski definition) is 3. The minimum Gasteiger partial charge on any atom is -0.493 e. The van der Waals surface area contributed by atoms with Crippen LogP contribution in [-0.2, 0) is 0 Å². The lowest BCUT2D eigenvalue weighted by atomic mass is 9.73. The number of allylic oxidation sites excluding steroid dienone is 2. The Labute approximate surface area is 143 Å². The molecule has 6 heteroatoms. The average molecular weight is 343 g/mol. The van der Waals surface area contributed by atoms with E-state index in [0.717, 1.165) is 22.2 Å². The molecule has 2 aromatic rings. The van der Waals surface area contributed by atoms with Crippen molar-refractivity contribution in [2.75, 3.05) is 5.43 Å². The maximum atomic E-state index is 12.4. The summed E-state index contributed by atoms with van der Waals surface area (Å²) in [5, 5.41) is 21.7. The molecule has 122 valence electrons. The van der Waals surface area contributed by atoms with Gasteiger partial charge in [0.15, 0.2) is 0 Å². The van der Waals surface area contributed by atoms with Gasteiger partial charge < -0.3 is 10.2 Å². The van der Waals surface area contributed by atoms with Gasteiger partial charge in [0.25, 0.3) is 5.91 Å². The SMILES string of the molecule is O=C(Nn1c(O)c2c(c1O)C1C=CC2C2CC12)c1ccc(Cl)cc1. The van der Waals surface area contributed by atoms with Gasteiger partial charge in [-0.2, -0.15) is 4.68 Å². The number of benzene rings is 1. The summed E-state index contributed by atoms with van der Waals surface area (Å²) in [5.74, 6) is 0.810. The van der Waals surface area contributed by atoms with Gasteiger partial charge >= 0.3 is 0 Å². The maximum absolute atomic E-state index is 12.4. The van der Waals surface area contributed by atoms with E-state index in [9.17, 15) is 15.0 Å². The molecule has 1 aromatic heterocycles. The fraction of sp³-hybridized carbons (Fsp3) is 0.278. The van der Waals surface area contributed by atoms with Crippen LogP contribution in [0.5, 0.6) is 11.8 Å². The first-order chi connectivity index (χ1) is 11.6. The Kier molecular flexibility index (Phi) is 2.66. The van der Waals surface area contributed by atoms with Gasteiger partial charge in [0.2, 0.25) is 11.8 Å². The number of carbonyl (C=O) groups is 1. The number of amides is 1. The smallest absolute Gasteiger partial charge is 0.270 e. The van der Waals surface area contributed by atoms with Crippen molar-refractivity contribution in [2.24, 2.45) is 11.8 Å². The van der Waals surface area contributed by atoms with Crippen LogP contribution in [0.3, 0.4) is 0 Å². The van der Waals surface area contributed by atoms with Crippen LogP contribution in [0.25, 0.3) is 0 Å². The highest BCUT2D eigenvalue weighted by molar-refractivity contribution is 6.30. The van der Waals surface area contributed by atoms with Crippen molar-refractivity contribution in [1.29, 1.82) is 0 Å². The van der Waals surface area contributed by atoms with E-state index in [4.69, 9.17) is 11.6 Å². The molecule has 24 heavy (non-hydrogen) atoms. The lowest BCUT2D eigenvalue weighted by Gasteiger charge is -2.29. The zero-order chi connectivity index (χ0) is 16.6. The normalized spacial score (nSPS) is 28.4. The lowest BCUT2D eigenvalue weighted by molar-refractivity contribution is 0.100. The molecule has 1 heterocycles. The Morgan fingerprint density at radius 2 is 1.58 bits per heavy atom. The van der Waals surface area contributed by atoms with Gasteiger partial charge in [-0.1, -0.05) is 23.8 Å². The zero-order valence-electron chi connectivity index (χ0n) is 12.6. The number of carbonyl (C=O) groups excluding carboxylic acids is 1. The van der Waals surface area contributed by atoms with E-state index < -0.39 is 5.91 Å². The summed E-state index contributed by atoms with van der Waals surface area (Å²) in [6.45, 7) is 0. The summed E-state index contributed by atoms with van der Waals surface area (Å²) in [7, 11) is 0. The van der Waals surface area contributed by atoms with E-state index in [1.807, 2.05) is 0 Å². The molecule has 4 aliphatic carbocycles. The zero-order valence-corrected chi connectivity index (χ0v) is 13.4. The van der Waals surface area contributed by atoms with E-state index in [-0.39, 0.29) is 23.6 Å². The van der Waals surface area contributed by atoms with Crippen LogP contribution in [0.2, 0.25) is 5.02 Å². The van der Waals surface area contributed by atoms with Crippen molar-refractivity contribution < 1.29 is 15.0 Å². The number of halogens is 1. The Morgan fingerprint density at radius 1 is 1.04 bits per heavy atom. The number of aromatic nitrogens is 1. The van der Waals surface area contributed by atoms with Crippen LogP contribution in [0.15, 0.2) is 36.4 Å². The van der Waals surface area contributed by atoms with Crippen LogP contribution >= 0.6 is 11.6 Å². The molecule has 1 aromatic carbocycles. The van der Waals surface area contributed by atoms with Gasteiger partial charge in [0, 0.05) is 33.5 Å². The van der Waals surface area contributed by atoms with Crippen molar-refractivity contribution in [3.05, 3.63) is 58.1 Å². The minimum absolute atomic E-state index is 0.0745. The first kappa shape index (κ1) is 14.0. The molecule has 0 saturated heterocycles. The molecule has 5 nitrogen and oxygen atoms in total. The topological polar surface area (TPSA) is 74.5 Å². The largest absolute Gasteiger partial charge is 0.493 e. The summed E-state index contributed by atoms with van der Waals surface area (Å²) in [4.78, 5) is 12.4. The van der Waals surface area contributed by atoms with Gasteiger partial charge in [0.05, 0.1) is 0 Å². The summed E-state index contributed by atoms with van der Waals surface area (Å²) >= 11 is 5.83. The number of aromatic hydroxyl groups is 2. The molecular formula is C18H15ClN2O3. The second-order valence-corrected chi connectivity index (χ2v) is 7.19. The third kappa shape index (κ3) is 1.73. The summed E-state index contributed by atoms with van der Waals surface area (Å²) < 4.78 is 1.10. The van der Waals surface area contributed by atoms with E-state index >= 15 is 0 Å². The standard InChI is InChI=1S/C18H15ClN2O3/c19-9-3-1-8(2-4-9)16(22)20-21-17(23)14-10-5-6-11(13-7-12(10)13)15(14)18(21)24/h1-6,10-13,23-24H,7H2,(H,20,22). The van der Waals surface area contributed by atoms with Crippen LogP contribution in [0.1, 0.15) is 39.7 Å². The lowest BCUT2D eigenvalue weighted by Crippen LogP contribution is -2.22. The molecule has 2 bridgehead atoms. The highest BCUT2D eigenvalue weighted by Gasteiger charge is 2.57. The Balaban J connectivity index is 1.52. The quantitative estimate of drug-likeness (QED) is 0.733. The summed E-state index contributed by atoms with van der Waals surface area (Å²) in [6, 6.07) is 6.42. The van der Waals surface area contributed by atoms with E-state index in [1.165, 1.54) is 0 Å². The molecule has 1 saturated carbocycles. The van der Waals surface area contributed by atoms with Crippen molar-refractivity contribution in [3.63, 3.8) is 0 Å². The van der Waals surface area contributed by atoms with Gasteiger partial charge in [-0.25, -0.2) is 0 Å². The second kappa shape index (κ2) is 4.57. The van der Waals surface area contributed by atoms with E-state index in [2.05, 4.69) is 17.6 Å². The molecule has 0 spiro atoms. The number of nitrogens with zero attached hydrogens (tertiary/aromatic N) is 1. The molecule has 1 amide bonds. The molecular weight excluding hydrogens is 328 g/mol. The number of hydrogen-bond donors (Lipinski definition) is 3. The summed E-state index contributed by atoms with van der Waals surface area (Å²) in [6.07, 6.45) is 5.37. The first-order valence-corrected chi connectivity index (χ1v) is 8.35. The Bertz CT molecular complexity index is 858. The fourth-order valence-electron chi connectivity index (χ4n) is 4.32. The highest BCUT2D eigenvalue weighted by Crippen LogP contribution is 2.67. The minimum atomic E-state index is -0.421. The predicted octanol–water partition coefficient (Wildman–Crippen LogP) is 3.32. The van der Waals surface area contributed by atoms with Crippen molar-refractivity contribution in [3.8, 4) is 11.8 Å².